The Labute approximate surface area is 121 Å². The monoisotopic (exact) mass is 287 g/mol. The molecule has 0 aliphatic rings. The molecule has 0 N–H and O–H groups in total. The highest BCUT2D eigenvalue weighted by atomic mass is 28.4. The molecular formula is C16H21NO2Si. The molecule has 0 atom stereocenters. The van der Waals surface area contributed by atoms with E-state index in [0.29, 0.717) is 6.42 Å². The number of hydrogen-bond acceptors (Lipinski definition) is 3. The first-order valence-corrected chi connectivity index (χ1v) is 10.2. The van der Waals surface area contributed by atoms with Crippen LogP contribution in [0.2, 0.25) is 19.6 Å². The molecule has 0 amide bonds. The Hall–Kier alpha value is -1.81. The van der Waals surface area contributed by atoms with Gasteiger partial charge in [0.05, 0.1) is 6.26 Å². The van der Waals surface area contributed by atoms with Crippen LogP contribution >= 0.6 is 0 Å². The molecule has 0 aliphatic carbocycles. The predicted molar refractivity (Wildman–Crippen MR) is 85.7 cm³/mol. The number of aryl methyl sites for hydroxylation is 1. The summed E-state index contributed by atoms with van der Waals surface area (Å²) in [7, 11) is -1.63. The molecule has 4 heteroatoms. The molecule has 0 bridgehead atoms. The van der Waals surface area contributed by atoms with Gasteiger partial charge in [0.25, 0.3) is 0 Å². The first-order chi connectivity index (χ1) is 9.44. The number of hydrogen-bond donors (Lipinski definition) is 0. The van der Waals surface area contributed by atoms with Gasteiger partial charge < -0.3 is 8.84 Å². The Morgan fingerprint density at radius 3 is 2.70 bits per heavy atom. The van der Waals surface area contributed by atoms with E-state index in [0.717, 1.165) is 17.2 Å². The molecule has 1 aromatic carbocycles. The highest BCUT2D eigenvalue weighted by molar-refractivity contribution is 6.70. The topological polar surface area (TPSA) is 34.7 Å². The van der Waals surface area contributed by atoms with Crippen LogP contribution in [-0.4, -0.2) is 14.5 Å². The van der Waals surface area contributed by atoms with Gasteiger partial charge >= 0.3 is 0 Å². The summed E-state index contributed by atoms with van der Waals surface area (Å²) in [6.07, 6.45) is 4.23. The second kappa shape index (κ2) is 6.09. The van der Waals surface area contributed by atoms with Gasteiger partial charge in [0.15, 0.2) is 0 Å². The number of nitrogens with zero attached hydrogens (tertiary/aromatic N) is 1. The lowest BCUT2D eigenvalue weighted by Crippen LogP contribution is -2.29. The summed E-state index contributed by atoms with van der Waals surface area (Å²) in [6.45, 7) is 8.57. The summed E-state index contributed by atoms with van der Waals surface area (Å²) in [5.41, 5.74) is 2.07. The molecular weight excluding hydrogens is 266 g/mol. The van der Waals surface area contributed by atoms with Crippen molar-refractivity contribution in [1.82, 2.24) is 0 Å². The zero-order valence-corrected chi connectivity index (χ0v) is 13.5. The van der Waals surface area contributed by atoms with E-state index in [1.807, 2.05) is 30.5 Å². The Morgan fingerprint density at radius 1 is 1.25 bits per heavy atom. The molecule has 2 rings (SSSR count). The molecule has 0 saturated heterocycles. The first kappa shape index (κ1) is 14.6. The Morgan fingerprint density at radius 2 is 2.05 bits per heavy atom. The second-order valence-corrected chi connectivity index (χ2v) is 10.2. The number of benzene rings is 1. The molecule has 0 radical (unpaired) electrons. The maximum atomic E-state index is 6.08. The fraction of sp³-hybridized carbons (Fsp3) is 0.312. The van der Waals surface area contributed by atoms with Crippen molar-refractivity contribution >= 4 is 20.2 Å². The smallest absolute Gasteiger partial charge is 0.242 e. The summed E-state index contributed by atoms with van der Waals surface area (Å²) in [4.78, 5) is 4.54. The van der Waals surface area contributed by atoms with Gasteiger partial charge in [0, 0.05) is 12.6 Å². The first-order valence-electron chi connectivity index (χ1n) is 6.79. The van der Waals surface area contributed by atoms with Gasteiger partial charge in [0.1, 0.15) is 17.2 Å². The predicted octanol–water partition coefficient (Wildman–Crippen LogP) is 4.75. The molecule has 3 nitrogen and oxygen atoms in total. The zero-order chi connectivity index (χ0) is 14.6. The van der Waals surface area contributed by atoms with Crippen LogP contribution in [0.25, 0.3) is 0 Å². The van der Waals surface area contributed by atoms with Crippen molar-refractivity contribution in [2.24, 2.45) is 4.99 Å². The number of aliphatic imine (C=N–C) groups is 1. The van der Waals surface area contributed by atoms with Gasteiger partial charge in [-0.15, -0.1) is 0 Å². The largest absolute Gasteiger partial charge is 0.543 e. The minimum atomic E-state index is -1.63. The second-order valence-electron chi connectivity index (χ2n) is 5.78. The quantitative estimate of drug-likeness (QED) is 0.587. The Bertz CT molecular complexity index is 583. The summed E-state index contributed by atoms with van der Waals surface area (Å²) >= 11 is 0. The summed E-state index contributed by atoms with van der Waals surface area (Å²) in [5, 5.41) is 0. The molecule has 2 aromatic rings. The zero-order valence-electron chi connectivity index (χ0n) is 12.5. The Balaban J connectivity index is 2.16. The highest BCUT2D eigenvalue weighted by Crippen LogP contribution is 2.30. The van der Waals surface area contributed by atoms with Crippen molar-refractivity contribution in [3.63, 3.8) is 0 Å². The lowest BCUT2D eigenvalue weighted by molar-refractivity contribution is 0.527. The third-order valence-electron chi connectivity index (χ3n) is 2.63. The number of furan rings is 1. The lowest BCUT2D eigenvalue weighted by Gasteiger charge is -2.20. The minimum Gasteiger partial charge on any atom is -0.543 e. The molecule has 0 unspecified atom stereocenters. The fourth-order valence-corrected chi connectivity index (χ4v) is 2.64. The van der Waals surface area contributed by atoms with Crippen molar-refractivity contribution < 1.29 is 8.84 Å². The van der Waals surface area contributed by atoms with E-state index in [1.54, 1.807) is 6.26 Å². The highest BCUT2D eigenvalue weighted by Gasteiger charge is 2.18. The molecule has 1 heterocycles. The van der Waals surface area contributed by atoms with Crippen molar-refractivity contribution in [1.29, 1.82) is 0 Å². The van der Waals surface area contributed by atoms with E-state index < -0.39 is 8.32 Å². The van der Waals surface area contributed by atoms with Crippen LogP contribution in [-0.2, 0) is 6.42 Å². The van der Waals surface area contributed by atoms with Gasteiger partial charge in [0.2, 0.25) is 8.32 Å². The molecule has 106 valence electrons. The summed E-state index contributed by atoms with van der Waals surface area (Å²) in [6, 6.07) is 9.94. The molecule has 0 saturated carbocycles. The van der Waals surface area contributed by atoms with E-state index in [-0.39, 0.29) is 0 Å². The summed E-state index contributed by atoms with van der Waals surface area (Å²) < 4.78 is 11.4. The van der Waals surface area contributed by atoms with Crippen LogP contribution in [0, 0.1) is 6.92 Å². The van der Waals surface area contributed by atoms with E-state index in [4.69, 9.17) is 8.84 Å². The SMILES string of the molecule is Cc1ccc(O[Si](C)(C)C)c(N=CCc2ccco2)c1. The maximum absolute atomic E-state index is 6.08. The molecule has 0 fully saturated rings. The molecule has 1 aromatic heterocycles. The van der Waals surface area contributed by atoms with Gasteiger partial charge in [-0.3, -0.25) is 4.99 Å². The minimum absolute atomic E-state index is 0.688. The van der Waals surface area contributed by atoms with Crippen molar-refractivity contribution in [2.45, 2.75) is 33.0 Å². The van der Waals surface area contributed by atoms with Crippen LogP contribution in [0.15, 0.2) is 46.0 Å². The fourth-order valence-electron chi connectivity index (χ4n) is 1.81. The van der Waals surface area contributed by atoms with Gasteiger partial charge in [-0.2, -0.15) is 0 Å². The van der Waals surface area contributed by atoms with E-state index in [2.05, 4.69) is 37.6 Å². The molecule has 0 spiro atoms. The van der Waals surface area contributed by atoms with Crippen LogP contribution in [0.3, 0.4) is 0 Å². The van der Waals surface area contributed by atoms with Crippen LogP contribution < -0.4 is 4.43 Å². The van der Waals surface area contributed by atoms with Crippen molar-refractivity contribution in [3.05, 3.63) is 47.9 Å². The average molecular weight is 287 g/mol. The van der Waals surface area contributed by atoms with Crippen LogP contribution in [0.1, 0.15) is 11.3 Å². The van der Waals surface area contributed by atoms with E-state index in [1.165, 1.54) is 5.56 Å². The standard InChI is InChI=1S/C16H21NO2Si/c1-13-7-8-16(19-20(2,3)4)15(12-13)17-10-9-14-6-5-11-18-14/h5-8,10-12H,9H2,1-4H3. The van der Waals surface area contributed by atoms with Crippen LogP contribution in [0.5, 0.6) is 5.75 Å². The molecule has 20 heavy (non-hydrogen) atoms. The van der Waals surface area contributed by atoms with E-state index in [9.17, 15) is 0 Å². The lowest BCUT2D eigenvalue weighted by atomic mass is 10.2. The third kappa shape index (κ3) is 4.38. The average Bonchev–Trinajstić information content (AvgIpc) is 2.84. The normalized spacial score (nSPS) is 12.0. The van der Waals surface area contributed by atoms with Gasteiger partial charge in [-0.1, -0.05) is 6.07 Å². The Kier molecular flexibility index (Phi) is 4.45. The maximum Gasteiger partial charge on any atom is 0.242 e. The summed E-state index contributed by atoms with van der Waals surface area (Å²) in [5.74, 6) is 1.78. The molecule has 0 aliphatic heterocycles. The van der Waals surface area contributed by atoms with Crippen LogP contribution in [0.4, 0.5) is 5.69 Å². The van der Waals surface area contributed by atoms with Gasteiger partial charge in [-0.25, -0.2) is 0 Å². The number of rotatable bonds is 5. The van der Waals surface area contributed by atoms with Crippen molar-refractivity contribution in [2.75, 3.05) is 0 Å². The third-order valence-corrected chi connectivity index (χ3v) is 3.47. The van der Waals surface area contributed by atoms with Gasteiger partial charge in [-0.05, 0) is 56.4 Å². The van der Waals surface area contributed by atoms with Crippen molar-refractivity contribution in [3.8, 4) is 5.75 Å². The van der Waals surface area contributed by atoms with E-state index >= 15 is 0 Å².